The van der Waals surface area contributed by atoms with Gasteiger partial charge in [-0.3, -0.25) is 0 Å². The van der Waals surface area contributed by atoms with Crippen molar-refractivity contribution in [3.63, 3.8) is 0 Å². The van der Waals surface area contributed by atoms with E-state index in [0.29, 0.717) is 35.6 Å². The van der Waals surface area contributed by atoms with Gasteiger partial charge < -0.3 is 33.2 Å². The number of hydrogen-bond donors (Lipinski definition) is 1. The second-order valence-electron chi connectivity index (χ2n) is 12.2. The first-order valence-corrected chi connectivity index (χ1v) is 13.7. The van der Waals surface area contributed by atoms with Gasteiger partial charge in [0.1, 0.15) is 28.2 Å². The van der Waals surface area contributed by atoms with Gasteiger partial charge in [0.2, 0.25) is 5.82 Å². The third-order valence-corrected chi connectivity index (χ3v) is 6.43. The molecule has 10 nitrogen and oxygen atoms in total. The fourth-order valence-electron chi connectivity index (χ4n) is 4.29. The maximum Gasteiger partial charge on any atom is 0.408 e. The van der Waals surface area contributed by atoms with Gasteiger partial charge in [0.05, 0.1) is 19.8 Å². The summed E-state index contributed by atoms with van der Waals surface area (Å²) in [4.78, 5) is 17.4. The molecule has 4 aromatic rings. The number of aromatic nitrogens is 2. The van der Waals surface area contributed by atoms with E-state index in [2.05, 4.69) is 29.3 Å². The predicted octanol–water partition coefficient (Wildman–Crippen LogP) is 6.69. The van der Waals surface area contributed by atoms with E-state index >= 15 is 0 Å². The normalized spacial score (nSPS) is 16.6. The van der Waals surface area contributed by atoms with E-state index in [4.69, 9.17) is 27.9 Å². The van der Waals surface area contributed by atoms with Crippen molar-refractivity contribution in [2.75, 3.05) is 19.8 Å². The number of carbonyl (C=O) groups excluding carboxylic acids is 1. The second-order valence-corrected chi connectivity index (χ2v) is 12.2. The van der Waals surface area contributed by atoms with E-state index in [1.165, 1.54) is 0 Å². The Labute approximate surface area is 239 Å². The van der Waals surface area contributed by atoms with Gasteiger partial charge in [0.25, 0.3) is 5.89 Å². The first-order chi connectivity index (χ1) is 19.3. The Morgan fingerprint density at radius 3 is 2.37 bits per heavy atom. The molecule has 1 amide bonds. The molecule has 218 valence electrons. The van der Waals surface area contributed by atoms with Gasteiger partial charge >= 0.3 is 6.09 Å². The van der Waals surface area contributed by atoms with E-state index in [9.17, 15) is 4.79 Å². The Bertz CT molecular complexity index is 1500. The molecule has 2 aromatic carbocycles. The summed E-state index contributed by atoms with van der Waals surface area (Å²) in [7, 11) is 0. The quantitative estimate of drug-likeness (QED) is 0.262. The van der Waals surface area contributed by atoms with Crippen molar-refractivity contribution in [1.29, 1.82) is 0 Å². The van der Waals surface area contributed by atoms with E-state index in [1.807, 2.05) is 62.4 Å². The van der Waals surface area contributed by atoms with E-state index in [1.54, 1.807) is 20.8 Å². The topological polar surface area (TPSA) is 118 Å². The van der Waals surface area contributed by atoms with Crippen molar-refractivity contribution in [1.82, 2.24) is 15.5 Å². The molecule has 1 aliphatic rings. The van der Waals surface area contributed by atoms with Gasteiger partial charge in [0, 0.05) is 16.5 Å². The molecule has 1 fully saturated rings. The van der Waals surface area contributed by atoms with Crippen molar-refractivity contribution in [2.45, 2.75) is 65.4 Å². The molecule has 0 radical (unpaired) electrons. The van der Waals surface area contributed by atoms with Crippen molar-refractivity contribution in [3.8, 4) is 28.6 Å². The smallest absolute Gasteiger partial charge is 0.408 e. The summed E-state index contributed by atoms with van der Waals surface area (Å²) in [5.41, 5.74) is 0.420. The van der Waals surface area contributed by atoms with Crippen LogP contribution in [0.2, 0.25) is 0 Å². The Morgan fingerprint density at radius 2 is 1.71 bits per heavy atom. The molecule has 41 heavy (non-hydrogen) atoms. The van der Waals surface area contributed by atoms with Crippen molar-refractivity contribution < 1.29 is 32.7 Å². The summed E-state index contributed by atoms with van der Waals surface area (Å²) in [5.74, 6) is 1.77. The fraction of sp³-hybridized carbons (Fsp3) is 0.452. The lowest BCUT2D eigenvalue weighted by molar-refractivity contribution is -0.274. The Hall–Kier alpha value is -3.89. The van der Waals surface area contributed by atoms with Crippen LogP contribution in [0.3, 0.4) is 0 Å². The Balaban J connectivity index is 1.39. The average Bonchev–Trinajstić information content (AvgIpc) is 3.56. The van der Waals surface area contributed by atoms with Crippen molar-refractivity contribution in [2.24, 2.45) is 5.92 Å². The molecule has 0 bridgehead atoms. The summed E-state index contributed by atoms with van der Waals surface area (Å²) < 4.78 is 34.9. The van der Waals surface area contributed by atoms with Gasteiger partial charge in [-0.05, 0) is 89.1 Å². The fourth-order valence-corrected chi connectivity index (χ4v) is 4.29. The number of nitrogens with one attached hydrogen (secondary N) is 1. The number of hydrogen-bond acceptors (Lipinski definition) is 9. The summed E-state index contributed by atoms with van der Waals surface area (Å²) >= 11 is 0. The van der Waals surface area contributed by atoms with Crippen LogP contribution in [0, 0.1) is 5.92 Å². The molecule has 0 unspecified atom stereocenters. The largest absolute Gasteiger partial charge is 0.493 e. The van der Waals surface area contributed by atoms with Crippen LogP contribution in [0.5, 0.6) is 5.75 Å². The minimum Gasteiger partial charge on any atom is -0.493 e. The van der Waals surface area contributed by atoms with Crippen LogP contribution in [0.15, 0.2) is 57.5 Å². The maximum atomic E-state index is 12.8. The van der Waals surface area contributed by atoms with Gasteiger partial charge in [-0.1, -0.05) is 19.0 Å². The molecule has 0 atom stereocenters. The van der Waals surface area contributed by atoms with Crippen molar-refractivity contribution in [3.05, 3.63) is 54.3 Å². The minimum absolute atomic E-state index is 0.140. The highest BCUT2D eigenvalue weighted by atomic mass is 16.7. The molecular weight excluding hydrogens is 526 g/mol. The number of furan rings is 1. The molecular formula is C31H37N3O7. The van der Waals surface area contributed by atoms with E-state index in [0.717, 1.165) is 22.3 Å². The van der Waals surface area contributed by atoms with Crippen LogP contribution < -0.4 is 10.1 Å². The van der Waals surface area contributed by atoms with Gasteiger partial charge in [-0.2, -0.15) is 4.98 Å². The van der Waals surface area contributed by atoms with Gasteiger partial charge in [-0.15, -0.1) is 0 Å². The second kappa shape index (κ2) is 10.8. The molecule has 2 aromatic heterocycles. The number of rotatable bonds is 7. The minimum atomic E-state index is -1.08. The summed E-state index contributed by atoms with van der Waals surface area (Å²) in [6, 6.07) is 15.0. The highest BCUT2D eigenvalue weighted by Gasteiger charge is 2.46. The molecule has 3 heterocycles. The third-order valence-electron chi connectivity index (χ3n) is 6.43. The molecule has 0 spiro atoms. The molecule has 1 saturated heterocycles. The van der Waals surface area contributed by atoms with Crippen LogP contribution in [0.4, 0.5) is 4.79 Å². The monoisotopic (exact) mass is 563 g/mol. The lowest BCUT2D eigenvalue weighted by atomic mass is 9.96. The zero-order chi connectivity index (χ0) is 29.4. The van der Waals surface area contributed by atoms with E-state index < -0.39 is 23.0 Å². The lowest BCUT2D eigenvalue weighted by Gasteiger charge is -2.42. The first kappa shape index (κ1) is 28.6. The number of fused-ring (bicyclic) bond motifs is 1. The van der Waals surface area contributed by atoms with Crippen LogP contribution >= 0.6 is 0 Å². The maximum absolute atomic E-state index is 12.8. The Morgan fingerprint density at radius 1 is 1.02 bits per heavy atom. The summed E-state index contributed by atoms with van der Waals surface area (Å²) in [6.07, 6.45) is -0.593. The highest BCUT2D eigenvalue weighted by Crippen LogP contribution is 2.36. The predicted molar refractivity (Wildman–Crippen MR) is 152 cm³/mol. The lowest BCUT2D eigenvalue weighted by Crippen LogP contribution is -2.59. The Kier molecular flexibility index (Phi) is 7.56. The standard InChI is InChI=1S/C31H37N3O7/c1-19(2)16-36-23-11-8-20(9-12-23)27-32-26(34-41-27)21-10-13-24-22(14-21)15-25(39-24)31(17-37-30(6,7)38-18-31)33-28(35)40-29(3,4)5/h8-15,19H,16-18H2,1-7H3,(H,33,35). The molecule has 5 rings (SSSR count). The van der Waals surface area contributed by atoms with E-state index in [-0.39, 0.29) is 13.2 Å². The SMILES string of the molecule is CC(C)COc1ccc(-c2nc(-c3ccc4oc(C5(NC(=O)OC(C)(C)C)COC(C)(C)OC5)cc4c3)no2)cc1. The average molecular weight is 564 g/mol. The first-order valence-electron chi connectivity index (χ1n) is 13.7. The number of alkyl carbamates (subject to hydrolysis) is 1. The number of carbonyl (C=O) groups is 1. The zero-order valence-corrected chi connectivity index (χ0v) is 24.6. The number of ether oxygens (including phenoxy) is 4. The van der Waals surface area contributed by atoms with Crippen molar-refractivity contribution >= 4 is 17.1 Å². The van der Waals surface area contributed by atoms with Crippen LogP contribution in [-0.2, 0) is 19.7 Å². The molecule has 1 N–H and O–H groups in total. The van der Waals surface area contributed by atoms with Gasteiger partial charge in [0.15, 0.2) is 5.79 Å². The molecule has 10 heteroatoms. The highest BCUT2D eigenvalue weighted by molar-refractivity contribution is 5.83. The number of amides is 1. The molecule has 1 aliphatic heterocycles. The number of nitrogens with zero attached hydrogens (tertiary/aromatic N) is 2. The zero-order valence-electron chi connectivity index (χ0n) is 24.6. The third kappa shape index (κ3) is 6.71. The summed E-state index contributed by atoms with van der Waals surface area (Å²) in [5, 5.41) is 7.92. The van der Waals surface area contributed by atoms with Gasteiger partial charge in [-0.25, -0.2) is 4.79 Å². The molecule has 0 aliphatic carbocycles. The van der Waals surface area contributed by atoms with Crippen LogP contribution in [0.1, 0.15) is 54.2 Å². The number of benzene rings is 2. The van der Waals surface area contributed by atoms with Crippen LogP contribution in [0.25, 0.3) is 33.8 Å². The summed E-state index contributed by atoms with van der Waals surface area (Å²) in [6.45, 7) is 14.2. The molecule has 0 saturated carbocycles. The van der Waals surface area contributed by atoms with Crippen LogP contribution in [-0.4, -0.2) is 47.4 Å².